The van der Waals surface area contributed by atoms with E-state index in [0.717, 1.165) is 21.2 Å². The molecular formula is C25H21BrClNO3. The molecule has 0 radical (unpaired) electrons. The fourth-order valence-corrected chi connectivity index (χ4v) is 4.50. The van der Waals surface area contributed by atoms with Gasteiger partial charge >= 0.3 is 0 Å². The summed E-state index contributed by atoms with van der Waals surface area (Å²) < 4.78 is 0.727. The Morgan fingerprint density at radius 1 is 1.06 bits per heavy atom. The van der Waals surface area contributed by atoms with Crippen LogP contribution in [0.25, 0.3) is 0 Å². The number of aliphatic hydroxyl groups is 1. The molecule has 4 rings (SSSR count). The molecular weight excluding hydrogens is 478 g/mol. The Morgan fingerprint density at radius 3 is 2.45 bits per heavy atom. The Bertz CT molecular complexity index is 1190. The average molecular weight is 499 g/mol. The first-order valence-corrected chi connectivity index (χ1v) is 11.1. The van der Waals surface area contributed by atoms with Gasteiger partial charge in [-0.05, 0) is 67.4 Å². The minimum atomic E-state index is -1.94. The van der Waals surface area contributed by atoms with E-state index in [2.05, 4.69) is 22.0 Å². The van der Waals surface area contributed by atoms with Crippen LogP contribution in [0.5, 0.6) is 0 Å². The fraction of sp³-hybridized carbons (Fsp3) is 0.200. The van der Waals surface area contributed by atoms with Crippen LogP contribution in [0.1, 0.15) is 39.0 Å². The lowest BCUT2D eigenvalue weighted by molar-refractivity contribution is -0.136. The van der Waals surface area contributed by atoms with Crippen molar-refractivity contribution in [3.8, 4) is 0 Å². The van der Waals surface area contributed by atoms with Crippen molar-refractivity contribution in [2.24, 2.45) is 0 Å². The predicted octanol–water partition coefficient (Wildman–Crippen LogP) is 5.73. The Morgan fingerprint density at radius 2 is 1.77 bits per heavy atom. The van der Waals surface area contributed by atoms with Gasteiger partial charge in [0.25, 0.3) is 5.91 Å². The van der Waals surface area contributed by atoms with Gasteiger partial charge in [-0.1, -0.05) is 51.3 Å². The summed E-state index contributed by atoms with van der Waals surface area (Å²) in [4.78, 5) is 28.0. The van der Waals surface area contributed by atoms with E-state index in [1.165, 1.54) is 0 Å². The van der Waals surface area contributed by atoms with Crippen LogP contribution in [0.15, 0.2) is 65.1 Å². The number of carbonyl (C=O) groups excluding carboxylic acids is 2. The molecule has 0 aromatic heterocycles. The zero-order valence-corrected chi connectivity index (χ0v) is 19.5. The number of amides is 1. The molecule has 0 saturated carbocycles. The molecule has 0 fully saturated rings. The van der Waals surface area contributed by atoms with Crippen molar-refractivity contribution in [3.05, 3.63) is 98.0 Å². The monoisotopic (exact) mass is 497 g/mol. The van der Waals surface area contributed by atoms with Gasteiger partial charge < -0.3 is 10.0 Å². The van der Waals surface area contributed by atoms with Crippen LogP contribution in [0.4, 0.5) is 5.69 Å². The number of hydrogen-bond acceptors (Lipinski definition) is 3. The molecule has 158 valence electrons. The molecule has 1 aliphatic rings. The Balaban J connectivity index is 1.71. The molecule has 1 N–H and O–H groups in total. The number of nitrogens with zero attached hydrogens (tertiary/aromatic N) is 1. The van der Waals surface area contributed by atoms with Crippen molar-refractivity contribution in [3.63, 3.8) is 0 Å². The van der Waals surface area contributed by atoms with Crippen LogP contribution < -0.4 is 4.90 Å². The third-order valence-corrected chi connectivity index (χ3v) is 6.45. The van der Waals surface area contributed by atoms with Gasteiger partial charge in [0.1, 0.15) is 0 Å². The lowest BCUT2D eigenvalue weighted by atomic mass is 9.88. The molecule has 1 amide bonds. The Labute approximate surface area is 194 Å². The first kappa shape index (κ1) is 21.8. The first-order valence-electron chi connectivity index (χ1n) is 9.88. The van der Waals surface area contributed by atoms with E-state index in [1.807, 2.05) is 32.0 Å². The number of carbonyl (C=O) groups is 2. The molecule has 31 heavy (non-hydrogen) atoms. The zero-order chi connectivity index (χ0) is 22.3. The Hall–Kier alpha value is -2.47. The molecule has 1 aliphatic heterocycles. The van der Waals surface area contributed by atoms with E-state index in [4.69, 9.17) is 11.6 Å². The fourth-order valence-electron chi connectivity index (χ4n) is 4.01. The van der Waals surface area contributed by atoms with E-state index in [-0.39, 0.29) is 12.2 Å². The number of anilines is 1. The summed E-state index contributed by atoms with van der Waals surface area (Å²) in [6.45, 7) is 4.34. The third-order valence-electron chi connectivity index (χ3n) is 5.70. The standard InChI is InChI=1S/C25H21BrClNO3/c1-15-3-4-18(16(2)11-15)14-28-22-10-7-19(26)12-21(22)25(31,24(28)30)13-23(29)17-5-8-20(27)9-6-17/h3-12,31H,13-14H2,1-2H3. The summed E-state index contributed by atoms with van der Waals surface area (Å²) >= 11 is 9.33. The minimum absolute atomic E-state index is 0.316. The zero-order valence-electron chi connectivity index (χ0n) is 17.2. The van der Waals surface area contributed by atoms with Crippen LogP contribution >= 0.6 is 27.5 Å². The Kier molecular flexibility index (Phi) is 5.77. The van der Waals surface area contributed by atoms with E-state index in [0.29, 0.717) is 28.4 Å². The highest BCUT2D eigenvalue weighted by Gasteiger charge is 2.51. The highest BCUT2D eigenvalue weighted by Crippen LogP contribution is 2.45. The second-order valence-electron chi connectivity index (χ2n) is 7.95. The number of aryl methyl sites for hydroxylation is 2. The minimum Gasteiger partial charge on any atom is -0.375 e. The molecule has 4 nitrogen and oxygen atoms in total. The van der Waals surface area contributed by atoms with Crippen LogP contribution in [0, 0.1) is 13.8 Å². The quantitative estimate of drug-likeness (QED) is 0.457. The number of ketones is 1. The van der Waals surface area contributed by atoms with Crippen LogP contribution in [-0.4, -0.2) is 16.8 Å². The van der Waals surface area contributed by atoms with E-state index >= 15 is 0 Å². The topological polar surface area (TPSA) is 57.6 Å². The SMILES string of the molecule is Cc1ccc(CN2C(=O)C(O)(CC(=O)c3ccc(Cl)cc3)c3cc(Br)ccc32)c(C)c1. The second-order valence-corrected chi connectivity index (χ2v) is 9.30. The highest BCUT2D eigenvalue weighted by molar-refractivity contribution is 9.10. The molecule has 0 bridgehead atoms. The number of Topliss-reactive ketones (excluding diaryl/α,β-unsaturated/α-hetero) is 1. The van der Waals surface area contributed by atoms with E-state index < -0.39 is 11.5 Å². The van der Waals surface area contributed by atoms with Crippen molar-refractivity contribution in [2.45, 2.75) is 32.4 Å². The molecule has 1 unspecified atom stereocenters. The molecule has 3 aromatic carbocycles. The molecule has 1 heterocycles. The van der Waals surface area contributed by atoms with Crippen LogP contribution in [0.2, 0.25) is 5.02 Å². The smallest absolute Gasteiger partial charge is 0.264 e. The first-order chi connectivity index (χ1) is 14.7. The van der Waals surface area contributed by atoms with Crippen molar-refractivity contribution in [1.82, 2.24) is 0 Å². The third kappa shape index (κ3) is 4.05. The van der Waals surface area contributed by atoms with Gasteiger partial charge in [0.05, 0.1) is 18.7 Å². The summed E-state index contributed by atoms with van der Waals surface area (Å²) in [5, 5.41) is 12.0. The second kappa shape index (κ2) is 8.23. The van der Waals surface area contributed by atoms with Crippen molar-refractivity contribution >= 4 is 44.9 Å². The highest BCUT2D eigenvalue weighted by atomic mass is 79.9. The van der Waals surface area contributed by atoms with E-state index in [9.17, 15) is 14.7 Å². The van der Waals surface area contributed by atoms with E-state index in [1.54, 1.807) is 41.3 Å². The van der Waals surface area contributed by atoms with Crippen LogP contribution in [0.3, 0.4) is 0 Å². The summed E-state index contributed by atoms with van der Waals surface area (Å²) in [5.41, 5.74) is 2.70. The van der Waals surface area contributed by atoms with Gasteiger partial charge in [-0.2, -0.15) is 0 Å². The molecule has 6 heteroatoms. The maximum absolute atomic E-state index is 13.5. The summed E-state index contributed by atoms with van der Waals surface area (Å²) in [5.74, 6) is -0.824. The summed E-state index contributed by atoms with van der Waals surface area (Å²) in [7, 11) is 0. The largest absolute Gasteiger partial charge is 0.375 e. The van der Waals surface area contributed by atoms with Gasteiger partial charge in [-0.25, -0.2) is 0 Å². The molecule has 0 spiro atoms. The van der Waals surface area contributed by atoms with Gasteiger partial charge in [0.15, 0.2) is 11.4 Å². The van der Waals surface area contributed by atoms with Gasteiger partial charge in [-0.3, -0.25) is 9.59 Å². The molecule has 0 saturated heterocycles. The number of rotatable bonds is 5. The van der Waals surface area contributed by atoms with Crippen LogP contribution in [-0.2, 0) is 16.9 Å². The number of halogens is 2. The average Bonchev–Trinajstić information content (AvgIpc) is 2.92. The normalized spacial score (nSPS) is 17.7. The van der Waals surface area contributed by atoms with Gasteiger partial charge in [0.2, 0.25) is 0 Å². The lowest BCUT2D eigenvalue weighted by Gasteiger charge is -2.23. The lowest BCUT2D eigenvalue weighted by Crippen LogP contribution is -2.41. The predicted molar refractivity (Wildman–Crippen MR) is 126 cm³/mol. The summed E-state index contributed by atoms with van der Waals surface area (Å²) in [6, 6.07) is 17.8. The van der Waals surface area contributed by atoms with Crippen molar-refractivity contribution in [1.29, 1.82) is 0 Å². The number of fused-ring (bicyclic) bond motifs is 1. The van der Waals surface area contributed by atoms with Crippen molar-refractivity contribution < 1.29 is 14.7 Å². The number of hydrogen-bond donors (Lipinski definition) is 1. The maximum atomic E-state index is 13.5. The van der Waals surface area contributed by atoms with Gasteiger partial charge in [0, 0.05) is 20.6 Å². The van der Waals surface area contributed by atoms with Gasteiger partial charge in [-0.15, -0.1) is 0 Å². The number of benzene rings is 3. The van der Waals surface area contributed by atoms with Crippen molar-refractivity contribution in [2.75, 3.05) is 4.90 Å². The molecule has 3 aromatic rings. The molecule has 1 atom stereocenters. The molecule has 0 aliphatic carbocycles. The summed E-state index contributed by atoms with van der Waals surface area (Å²) in [6.07, 6.45) is -0.347. The maximum Gasteiger partial charge on any atom is 0.264 e.